The quantitative estimate of drug-likeness (QED) is 0.895. The number of hydrogen-bond donors (Lipinski definition) is 2. The standard InChI is InChI=1S/C14H20N6/c1-9-7-10(2)20(19-9)14-12(15)13(16-8-17-14)18-11-5-3-4-6-11/h7-8,11H,3-6,15H2,1-2H3,(H,16,17,18). The van der Waals surface area contributed by atoms with E-state index < -0.39 is 0 Å². The molecule has 0 saturated heterocycles. The van der Waals surface area contributed by atoms with E-state index in [4.69, 9.17) is 5.73 Å². The largest absolute Gasteiger partial charge is 0.393 e. The summed E-state index contributed by atoms with van der Waals surface area (Å²) in [7, 11) is 0. The van der Waals surface area contributed by atoms with Gasteiger partial charge in [0.25, 0.3) is 0 Å². The zero-order chi connectivity index (χ0) is 14.1. The fourth-order valence-corrected chi connectivity index (χ4v) is 2.78. The molecule has 0 aliphatic heterocycles. The molecule has 0 amide bonds. The highest BCUT2D eigenvalue weighted by Crippen LogP contribution is 2.27. The lowest BCUT2D eigenvalue weighted by atomic mass is 10.2. The zero-order valence-electron chi connectivity index (χ0n) is 11.9. The molecule has 3 rings (SSSR count). The Morgan fingerprint density at radius 1 is 1.25 bits per heavy atom. The third-order valence-corrected chi connectivity index (χ3v) is 3.77. The van der Waals surface area contributed by atoms with E-state index in [1.807, 2.05) is 19.9 Å². The Balaban J connectivity index is 1.94. The molecule has 2 aromatic heterocycles. The maximum Gasteiger partial charge on any atom is 0.182 e. The monoisotopic (exact) mass is 272 g/mol. The highest BCUT2D eigenvalue weighted by molar-refractivity contribution is 5.69. The Kier molecular flexibility index (Phi) is 3.30. The first-order valence-corrected chi connectivity index (χ1v) is 7.06. The Hall–Kier alpha value is -2.11. The van der Waals surface area contributed by atoms with Gasteiger partial charge in [0.05, 0.1) is 5.69 Å². The van der Waals surface area contributed by atoms with Crippen molar-refractivity contribution in [2.45, 2.75) is 45.6 Å². The van der Waals surface area contributed by atoms with Gasteiger partial charge < -0.3 is 11.1 Å². The first-order chi connectivity index (χ1) is 9.65. The minimum atomic E-state index is 0.473. The molecule has 0 aromatic carbocycles. The summed E-state index contributed by atoms with van der Waals surface area (Å²) >= 11 is 0. The summed E-state index contributed by atoms with van der Waals surface area (Å²) in [4.78, 5) is 8.56. The van der Waals surface area contributed by atoms with Crippen LogP contribution < -0.4 is 11.1 Å². The number of anilines is 2. The second kappa shape index (κ2) is 5.11. The van der Waals surface area contributed by atoms with Gasteiger partial charge in [-0.2, -0.15) is 5.10 Å². The van der Waals surface area contributed by atoms with E-state index in [9.17, 15) is 0 Å². The van der Waals surface area contributed by atoms with Crippen molar-refractivity contribution in [3.63, 3.8) is 0 Å². The summed E-state index contributed by atoms with van der Waals surface area (Å²) in [5.41, 5.74) is 8.75. The molecule has 3 N–H and O–H groups in total. The van der Waals surface area contributed by atoms with Crippen LogP contribution in [0.4, 0.5) is 11.5 Å². The highest BCUT2D eigenvalue weighted by atomic mass is 15.3. The lowest BCUT2D eigenvalue weighted by molar-refractivity contribution is 0.747. The van der Waals surface area contributed by atoms with E-state index in [0.717, 1.165) is 17.2 Å². The number of hydrogen-bond acceptors (Lipinski definition) is 5. The molecule has 0 spiro atoms. The van der Waals surface area contributed by atoms with E-state index >= 15 is 0 Å². The van der Waals surface area contributed by atoms with Crippen molar-refractivity contribution < 1.29 is 0 Å². The molecule has 6 nitrogen and oxygen atoms in total. The molecular weight excluding hydrogens is 252 g/mol. The van der Waals surface area contributed by atoms with Crippen LogP contribution in [0.25, 0.3) is 5.82 Å². The number of rotatable bonds is 3. The highest BCUT2D eigenvalue weighted by Gasteiger charge is 2.18. The molecule has 2 heterocycles. The number of aryl methyl sites for hydroxylation is 2. The van der Waals surface area contributed by atoms with E-state index in [1.54, 1.807) is 11.0 Å². The number of aromatic nitrogens is 4. The minimum Gasteiger partial charge on any atom is -0.393 e. The predicted octanol–water partition coefficient (Wildman–Crippen LogP) is 2.22. The van der Waals surface area contributed by atoms with Crippen LogP contribution in [-0.4, -0.2) is 25.8 Å². The van der Waals surface area contributed by atoms with Crippen molar-refractivity contribution in [3.05, 3.63) is 23.8 Å². The summed E-state index contributed by atoms with van der Waals surface area (Å²) in [6, 6.07) is 2.48. The van der Waals surface area contributed by atoms with Crippen LogP contribution in [-0.2, 0) is 0 Å². The van der Waals surface area contributed by atoms with Gasteiger partial charge in [-0.15, -0.1) is 0 Å². The van der Waals surface area contributed by atoms with E-state index in [2.05, 4.69) is 20.4 Å². The van der Waals surface area contributed by atoms with Crippen molar-refractivity contribution in [1.82, 2.24) is 19.7 Å². The minimum absolute atomic E-state index is 0.473. The molecule has 106 valence electrons. The third kappa shape index (κ3) is 2.33. The van der Waals surface area contributed by atoms with Crippen molar-refractivity contribution in [1.29, 1.82) is 0 Å². The van der Waals surface area contributed by atoms with Crippen LogP contribution in [0.1, 0.15) is 37.1 Å². The molecule has 1 fully saturated rings. The Labute approximate surface area is 118 Å². The van der Waals surface area contributed by atoms with Crippen LogP contribution in [0.5, 0.6) is 0 Å². The molecule has 0 unspecified atom stereocenters. The lowest BCUT2D eigenvalue weighted by Crippen LogP contribution is -2.18. The van der Waals surface area contributed by atoms with Crippen molar-refractivity contribution in [2.75, 3.05) is 11.1 Å². The molecule has 1 aliphatic rings. The first-order valence-electron chi connectivity index (χ1n) is 7.06. The lowest BCUT2D eigenvalue weighted by Gasteiger charge is -2.16. The topological polar surface area (TPSA) is 81.7 Å². The summed E-state index contributed by atoms with van der Waals surface area (Å²) in [6.07, 6.45) is 6.44. The van der Waals surface area contributed by atoms with Crippen molar-refractivity contribution in [2.24, 2.45) is 0 Å². The molecule has 1 saturated carbocycles. The van der Waals surface area contributed by atoms with Crippen molar-refractivity contribution in [3.8, 4) is 5.82 Å². The summed E-state index contributed by atoms with van der Waals surface area (Å²) in [5, 5.41) is 7.86. The van der Waals surface area contributed by atoms with E-state index in [1.165, 1.54) is 25.7 Å². The molecular formula is C14H20N6. The first kappa shape index (κ1) is 12.9. The zero-order valence-corrected chi connectivity index (χ0v) is 11.9. The molecule has 2 aromatic rings. The number of nitrogens with zero attached hydrogens (tertiary/aromatic N) is 4. The number of nitrogen functional groups attached to an aromatic ring is 1. The molecule has 6 heteroatoms. The SMILES string of the molecule is Cc1cc(C)n(-c2ncnc(NC3CCCC3)c2N)n1. The van der Waals surface area contributed by atoms with Gasteiger partial charge >= 0.3 is 0 Å². The van der Waals surface area contributed by atoms with Crippen LogP contribution >= 0.6 is 0 Å². The van der Waals surface area contributed by atoms with Gasteiger partial charge in [0.1, 0.15) is 12.0 Å². The van der Waals surface area contributed by atoms with Crippen LogP contribution in [0, 0.1) is 13.8 Å². The second-order valence-corrected chi connectivity index (χ2v) is 5.42. The Morgan fingerprint density at radius 2 is 2.00 bits per heavy atom. The van der Waals surface area contributed by atoms with E-state index in [0.29, 0.717) is 17.5 Å². The van der Waals surface area contributed by atoms with Gasteiger partial charge in [-0.3, -0.25) is 0 Å². The maximum absolute atomic E-state index is 6.22. The van der Waals surface area contributed by atoms with Crippen LogP contribution in [0.2, 0.25) is 0 Å². The normalized spacial score (nSPS) is 15.7. The summed E-state index contributed by atoms with van der Waals surface area (Å²) in [5.74, 6) is 1.36. The van der Waals surface area contributed by atoms with Gasteiger partial charge in [-0.25, -0.2) is 14.6 Å². The second-order valence-electron chi connectivity index (χ2n) is 5.42. The fourth-order valence-electron chi connectivity index (χ4n) is 2.78. The smallest absolute Gasteiger partial charge is 0.182 e. The van der Waals surface area contributed by atoms with Gasteiger partial charge in [-0.1, -0.05) is 12.8 Å². The van der Waals surface area contributed by atoms with E-state index in [-0.39, 0.29) is 0 Å². The molecule has 1 aliphatic carbocycles. The molecule has 0 radical (unpaired) electrons. The van der Waals surface area contributed by atoms with Crippen LogP contribution in [0.3, 0.4) is 0 Å². The maximum atomic E-state index is 6.22. The summed E-state index contributed by atoms with van der Waals surface area (Å²) in [6.45, 7) is 3.95. The van der Waals surface area contributed by atoms with Crippen LogP contribution in [0.15, 0.2) is 12.4 Å². The summed E-state index contributed by atoms with van der Waals surface area (Å²) < 4.78 is 1.77. The Morgan fingerprint density at radius 3 is 2.65 bits per heavy atom. The fraction of sp³-hybridized carbons (Fsp3) is 0.500. The molecule has 0 atom stereocenters. The number of nitrogens with one attached hydrogen (secondary N) is 1. The van der Waals surface area contributed by atoms with Gasteiger partial charge in [0.15, 0.2) is 11.6 Å². The van der Waals surface area contributed by atoms with Gasteiger partial charge in [0, 0.05) is 11.7 Å². The molecule has 0 bridgehead atoms. The van der Waals surface area contributed by atoms with Gasteiger partial charge in [0.2, 0.25) is 0 Å². The predicted molar refractivity (Wildman–Crippen MR) is 78.9 cm³/mol. The average molecular weight is 272 g/mol. The van der Waals surface area contributed by atoms with Gasteiger partial charge in [-0.05, 0) is 32.8 Å². The molecule has 20 heavy (non-hydrogen) atoms. The van der Waals surface area contributed by atoms with Crippen molar-refractivity contribution >= 4 is 11.5 Å². The Bertz CT molecular complexity index is 612. The number of nitrogens with two attached hydrogens (primary N) is 1. The average Bonchev–Trinajstić information content (AvgIpc) is 3.02. The third-order valence-electron chi connectivity index (χ3n) is 3.77.